The first-order chi connectivity index (χ1) is 7.97. The van der Waals surface area contributed by atoms with Crippen LogP contribution in [0.4, 0.5) is 15.8 Å². The van der Waals surface area contributed by atoms with E-state index in [0.29, 0.717) is 6.54 Å². The van der Waals surface area contributed by atoms with E-state index in [1.807, 2.05) is 6.07 Å². The van der Waals surface area contributed by atoms with Crippen molar-refractivity contribution in [2.45, 2.75) is 6.42 Å². The smallest absolute Gasteiger partial charge is 0.293 e. The molecular formula is C10H9FIN3O2. The summed E-state index contributed by atoms with van der Waals surface area (Å²) in [5.74, 6) is -0.505. The fourth-order valence-corrected chi connectivity index (χ4v) is 1.77. The second-order valence-electron chi connectivity index (χ2n) is 3.34. The zero-order chi connectivity index (χ0) is 13.0. The Hall–Kier alpha value is -1.43. The number of nitriles is 1. The van der Waals surface area contributed by atoms with Crippen LogP contribution >= 0.6 is 22.6 Å². The average Bonchev–Trinajstić information content (AvgIpc) is 2.28. The van der Waals surface area contributed by atoms with Crippen LogP contribution in [0.15, 0.2) is 12.1 Å². The third-order valence-electron chi connectivity index (χ3n) is 2.18. The van der Waals surface area contributed by atoms with Crippen LogP contribution in [-0.4, -0.2) is 18.5 Å². The number of hydrogen-bond acceptors (Lipinski definition) is 4. The summed E-state index contributed by atoms with van der Waals surface area (Å²) < 4.78 is 13.6. The molecule has 0 heterocycles. The summed E-state index contributed by atoms with van der Waals surface area (Å²) in [5, 5.41) is 19.3. The summed E-state index contributed by atoms with van der Waals surface area (Å²) in [7, 11) is 1.59. The van der Waals surface area contributed by atoms with Gasteiger partial charge >= 0.3 is 0 Å². The lowest BCUT2D eigenvalue weighted by Crippen LogP contribution is -2.19. The maximum Gasteiger partial charge on any atom is 0.293 e. The van der Waals surface area contributed by atoms with E-state index in [1.165, 1.54) is 11.0 Å². The van der Waals surface area contributed by atoms with Gasteiger partial charge in [0.25, 0.3) is 5.69 Å². The van der Waals surface area contributed by atoms with Crippen molar-refractivity contribution in [3.63, 3.8) is 0 Å². The molecule has 0 aliphatic carbocycles. The number of nitro groups is 1. The number of halogens is 2. The van der Waals surface area contributed by atoms with Crippen LogP contribution in [0.2, 0.25) is 0 Å². The van der Waals surface area contributed by atoms with Crippen LogP contribution in [0.1, 0.15) is 6.42 Å². The van der Waals surface area contributed by atoms with E-state index in [9.17, 15) is 14.5 Å². The largest absolute Gasteiger partial charge is 0.368 e. The molecule has 1 aromatic rings. The minimum Gasteiger partial charge on any atom is -0.368 e. The Morgan fingerprint density at radius 2 is 2.29 bits per heavy atom. The van der Waals surface area contributed by atoms with Crippen LogP contribution in [0.5, 0.6) is 0 Å². The minimum absolute atomic E-state index is 0.156. The molecule has 0 aliphatic heterocycles. The van der Waals surface area contributed by atoms with Gasteiger partial charge in [0.1, 0.15) is 11.5 Å². The second kappa shape index (κ2) is 5.77. The summed E-state index contributed by atoms with van der Waals surface area (Å²) in [5.41, 5.74) is 0.0272. The van der Waals surface area contributed by atoms with Crippen LogP contribution in [0.3, 0.4) is 0 Å². The van der Waals surface area contributed by atoms with Crippen LogP contribution < -0.4 is 4.90 Å². The first kappa shape index (κ1) is 13.6. The molecule has 0 saturated heterocycles. The van der Waals surface area contributed by atoms with Crippen molar-refractivity contribution >= 4 is 34.0 Å². The topological polar surface area (TPSA) is 70.2 Å². The molecule has 0 amide bonds. The SMILES string of the molecule is CN(CCC#N)c1cc(F)c(I)cc1[N+](=O)[O-]. The van der Waals surface area contributed by atoms with Gasteiger partial charge in [-0.3, -0.25) is 10.1 Å². The third kappa shape index (κ3) is 3.26. The first-order valence-electron chi connectivity index (χ1n) is 4.69. The molecule has 0 bridgehead atoms. The highest BCUT2D eigenvalue weighted by molar-refractivity contribution is 14.1. The fourth-order valence-electron chi connectivity index (χ4n) is 1.32. The summed E-state index contributed by atoms with van der Waals surface area (Å²) in [6, 6.07) is 4.25. The molecule has 0 N–H and O–H groups in total. The molecule has 0 spiro atoms. The second-order valence-corrected chi connectivity index (χ2v) is 4.50. The molecule has 17 heavy (non-hydrogen) atoms. The van der Waals surface area contributed by atoms with Gasteiger partial charge in [-0.25, -0.2) is 4.39 Å². The summed E-state index contributed by atoms with van der Waals surface area (Å²) in [6.45, 7) is 0.317. The van der Waals surface area contributed by atoms with E-state index in [4.69, 9.17) is 5.26 Å². The van der Waals surface area contributed by atoms with E-state index >= 15 is 0 Å². The van der Waals surface area contributed by atoms with Crippen molar-refractivity contribution in [3.05, 3.63) is 31.6 Å². The molecular weight excluding hydrogens is 340 g/mol. The molecule has 0 aromatic heterocycles. The summed E-state index contributed by atoms with van der Waals surface area (Å²) in [4.78, 5) is 11.8. The molecule has 1 rings (SSSR count). The first-order valence-corrected chi connectivity index (χ1v) is 5.76. The van der Waals surface area contributed by atoms with Crippen molar-refractivity contribution in [3.8, 4) is 6.07 Å². The lowest BCUT2D eigenvalue weighted by molar-refractivity contribution is -0.384. The van der Waals surface area contributed by atoms with Gasteiger partial charge in [-0.15, -0.1) is 0 Å². The molecule has 0 saturated carbocycles. The third-order valence-corrected chi connectivity index (χ3v) is 3.01. The number of hydrogen-bond donors (Lipinski definition) is 0. The maximum atomic E-state index is 13.4. The zero-order valence-electron chi connectivity index (χ0n) is 8.98. The monoisotopic (exact) mass is 349 g/mol. The Balaban J connectivity index is 3.17. The number of rotatable bonds is 4. The number of benzene rings is 1. The Bertz CT molecular complexity index is 487. The van der Waals surface area contributed by atoms with Crippen molar-refractivity contribution in [1.29, 1.82) is 5.26 Å². The van der Waals surface area contributed by atoms with Gasteiger partial charge in [0, 0.05) is 25.7 Å². The van der Waals surface area contributed by atoms with Crippen LogP contribution in [-0.2, 0) is 0 Å². The standard InChI is InChI=1S/C10H9FIN3O2/c1-14(4-2-3-13)9-5-7(11)8(12)6-10(9)15(16)17/h5-6H,2,4H2,1H3. The van der Waals surface area contributed by atoms with Gasteiger partial charge in [0.05, 0.1) is 21.0 Å². The summed E-state index contributed by atoms with van der Waals surface area (Å²) in [6.07, 6.45) is 0.223. The highest BCUT2D eigenvalue weighted by Gasteiger charge is 2.20. The van der Waals surface area contributed by atoms with Gasteiger partial charge in [-0.05, 0) is 22.6 Å². The Labute approximate surface area is 111 Å². The normalized spacial score (nSPS) is 9.76. The van der Waals surface area contributed by atoms with E-state index in [2.05, 4.69) is 0 Å². The molecule has 0 aliphatic rings. The molecule has 0 radical (unpaired) electrons. The number of anilines is 1. The predicted octanol–water partition coefficient (Wildman–Crippen LogP) is 2.69. The molecule has 90 valence electrons. The Morgan fingerprint density at radius 1 is 1.65 bits per heavy atom. The number of nitrogens with zero attached hydrogens (tertiary/aromatic N) is 3. The fraction of sp³-hybridized carbons (Fsp3) is 0.300. The van der Waals surface area contributed by atoms with E-state index in [0.717, 1.165) is 6.07 Å². The molecule has 0 unspecified atom stereocenters. The Kier molecular flexibility index (Phi) is 4.62. The highest BCUT2D eigenvalue weighted by Crippen LogP contribution is 2.31. The quantitative estimate of drug-likeness (QED) is 0.476. The number of nitro benzene ring substituents is 1. The van der Waals surface area contributed by atoms with Gasteiger partial charge in [0.15, 0.2) is 0 Å². The highest BCUT2D eigenvalue weighted by atomic mass is 127. The van der Waals surface area contributed by atoms with Crippen LogP contribution in [0.25, 0.3) is 0 Å². The van der Waals surface area contributed by atoms with Crippen molar-refractivity contribution in [1.82, 2.24) is 0 Å². The molecule has 1 aromatic carbocycles. The molecule has 5 nitrogen and oxygen atoms in total. The van der Waals surface area contributed by atoms with E-state index < -0.39 is 10.7 Å². The lowest BCUT2D eigenvalue weighted by atomic mass is 10.2. The molecule has 0 atom stereocenters. The van der Waals surface area contributed by atoms with Gasteiger partial charge in [-0.1, -0.05) is 0 Å². The minimum atomic E-state index is -0.556. The van der Waals surface area contributed by atoms with Crippen molar-refractivity contribution in [2.75, 3.05) is 18.5 Å². The zero-order valence-corrected chi connectivity index (χ0v) is 11.1. The van der Waals surface area contributed by atoms with Gasteiger partial charge in [-0.2, -0.15) is 5.26 Å². The average molecular weight is 349 g/mol. The lowest BCUT2D eigenvalue weighted by Gasteiger charge is -2.17. The van der Waals surface area contributed by atoms with Crippen LogP contribution in [0, 0.1) is 30.8 Å². The van der Waals surface area contributed by atoms with Crippen molar-refractivity contribution < 1.29 is 9.31 Å². The molecule has 7 heteroatoms. The maximum absolute atomic E-state index is 13.4. The van der Waals surface area contributed by atoms with Crippen molar-refractivity contribution in [2.24, 2.45) is 0 Å². The molecule has 0 fully saturated rings. The predicted molar refractivity (Wildman–Crippen MR) is 69.3 cm³/mol. The van der Waals surface area contributed by atoms with E-state index in [1.54, 1.807) is 29.6 Å². The van der Waals surface area contributed by atoms with Gasteiger partial charge < -0.3 is 4.90 Å². The van der Waals surface area contributed by atoms with Gasteiger partial charge in [0.2, 0.25) is 0 Å². The summed E-state index contributed by atoms with van der Waals surface area (Å²) >= 11 is 1.70. The van der Waals surface area contributed by atoms with E-state index in [-0.39, 0.29) is 21.4 Å². The Morgan fingerprint density at radius 3 is 2.82 bits per heavy atom.